The van der Waals surface area contributed by atoms with Crippen molar-refractivity contribution in [2.24, 2.45) is 0 Å². The van der Waals surface area contributed by atoms with Crippen molar-refractivity contribution in [2.75, 3.05) is 12.4 Å². The molecule has 0 atom stereocenters. The zero-order valence-electron chi connectivity index (χ0n) is 16.8. The van der Waals surface area contributed by atoms with Crippen LogP contribution >= 0.6 is 23.8 Å². The lowest BCUT2D eigenvalue weighted by molar-refractivity contribution is -0.115. The monoisotopic (exact) mass is 454 g/mol. The Labute approximate surface area is 189 Å². The SMILES string of the molecule is COC(=O)c1ccc(NC(=S)NC(=O)/C=C/c2ccc(-c3ccc(C)c(Cl)c3)o2)cc1. The fraction of sp³-hybridized carbons (Fsp3) is 0.0870. The summed E-state index contributed by atoms with van der Waals surface area (Å²) in [7, 11) is 1.31. The van der Waals surface area contributed by atoms with Crippen molar-refractivity contribution < 1.29 is 18.7 Å². The number of hydrogen-bond donors (Lipinski definition) is 2. The van der Waals surface area contributed by atoms with Crippen molar-refractivity contribution in [3.63, 3.8) is 0 Å². The number of thiocarbonyl (C=S) groups is 1. The number of esters is 1. The van der Waals surface area contributed by atoms with E-state index in [1.165, 1.54) is 13.2 Å². The first-order valence-electron chi connectivity index (χ1n) is 9.20. The number of nitrogens with one attached hydrogen (secondary N) is 2. The number of anilines is 1. The molecule has 0 radical (unpaired) electrons. The van der Waals surface area contributed by atoms with Crippen molar-refractivity contribution in [3.05, 3.63) is 82.6 Å². The number of aryl methyl sites for hydroxylation is 1. The number of methoxy groups -OCH3 is 1. The first-order valence-corrected chi connectivity index (χ1v) is 9.99. The Balaban J connectivity index is 1.55. The Kier molecular flexibility index (Phi) is 7.23. The minimum atomic E-state index is -0.431. The molecule has 0 spiro atoms. The molecule has 0 saturated carbocycles. The second kappa shape index (κ2) is 10.1. The van der Waals surface area contributed by atoms with Gasteiger partial charge in [0.25, 0.3) is 0 Å². The van der Waals surface area contributed by atoms with Gasteiger partial charge in [-0.2, -0.15) is 0 Å². The first kappa shape index (κ1) is 22.3. The predicted molar refractivity (Wildman–Crippen MR) is 125 cm³/mol. The number of amides is 1. The van der Waals surface area contributed by atoms with Gasteiger partial charge >= 0.3 is 5.97 Å². The minimum Gasteiger partial charge on any atom is -0.465 e. The van der Waals surface area contributed by atoms with Crippen LogP contribution in [0.25, 0.3) is 17.4 Å². The average molecular weight is 455 g/mol. The van der Waals surface area contributed by atoms with Gasteiger partial charge in [-0.05, 0) is 73.2 Å². The quantitative estimate of drug-likeness (QED) is 0.312. The summed E-state index contributed by atoms with van der Waals surface area (Å²) < 4.78 is 10.4. The molecule has 3 rings (SSSR count). The van der Waals surface area contributed by atoms with Crippen LogP contribution in [0, 0.1) is 6.92 Å². The number of benzene rings is 2. The van der Waals surface area contributed by atoms with E-state index in [1.54, 1.807) is 36.4 Å². The minimum absolute atomic E-state index is 0.120. The molecule has 31 heavy (non-hydrogen) atoms. The van der Waals surface area contributed by atoms with E-state index >= 15 is 0 Å². The smallest absolute Gasteiger partial charge is 0.337 e. The molecule has 0 aliphatic rings. The second-order valence-electron chi connectivity index (χ2n) is 6.51. The van der Waals surface area contributed by atoms with E-state index in [0.717, 1.165) is 11.1 Å². The van der Waals surface area contributed by atoms with Crippen LogP contribution in [0.5, 0.6) is 0 Å². The van der Waals surface area contributed by atoms with Crippen LogP contribution in [0.1, 0.15) is 21.7 Å². The molecular formula is C23H19ClN2O4S. The zero-order valence-corrected chi connectivity index (χ0v) is 18.3. The second-order valence-corrected chi connectivity index (χ2v) is 7.33. The van der Waals surface area contributed by atoms with Gasteiger partial charge in [-0.1, -0.05) is 23.7 Å². The Morgan fingerprint density at radius 3 is 2.52 bits per heavy atom. The van der Waals surface area contributed by atoms with E-state index in [2.05, 4.69) is 15.4 Å². The van der Waals surface area contributed by atoms with Crippen LogP contribution < -0.4 is 10.6 Å². The van der Waals surface area contributed by atoms with Crippen LogP contribution in [0.4, 0.5) is 5.69 Å². The van der Waals surface area contributed by atoms with E-state index in [0.29, 0.717) is 27.8 Å². The van der Waals surface area contributed by atoms with E-state index in [9.17, 15) is 9.59 Å². The highest BCUT2D eigenvalue weighted by atomic mass is 35.5. The van der Waals surface area contributed by atoms with E-state index in [4.69, 9.17) is 28.2 Å². The molecule has 1 aromatic heterocycles. The predicted octanol–water partition coefficient (Wildman–Crippen LogP) is 5.22. The van der Waals surface area contributed by atoms with Gasteiger partial charge < -0.3 is 14.5 Å². The van der Waals surface area contributed by atoms with Crippen LogP contribution in [-0.4, -0.2) is 24.1 Å². The Morgan fingerprint density at radius 1 is 1.10 bits per heavy atom. The summed E-state index contributed by atoms with van der Waals surface area (Å²) in [6, 6.07) is 15.7. The standard InChI is InChI=1S/C23H19ClN2O4S/c1-14-3-4-16(13-19(14)24)20-11-9-18(30-20)10-12-21(27)26-23(31)25-17-7-5-15(6-8-17)22(28)29-2/h3-13H,1-2H3,(H2,25,26,27,31)/b12-10+. The molecule has 1 amide bonds. The lowest BCUT2D eigenvalue weighted by Gasteiger charge is -2.08. The first-order chi connectivity index (χ1) is 14.9. The van der Waals surface area contributed by atoms with E-state index in [-0.39, 0.29) is 5.11 Å². The van der Waals surface area contributed by atoms with Gasteiger partial charge in [-0.25, -0.2) is 4.79 Å². The number of halogens is 1. The molecule has 0 unspecified atom stereocenters. The van der Waals surface area contributed by atoms with Gasteiger partial charge in [-0.3, -0.25) is 10.1 Å². The zero-order chi connectivity index (χ0) is 22.4. The number of hydrogen-bond acceptors (Lipinski definition) is 5. The summed E-state index contributed by atoms with van der Waals surface area (Å²) in [4.78, 5) is 23.6. The number of rotatable bonds is 5. The maximum absolute atomic E-state index is 12.1. The third-order valence-electron chi connectivity index (χ3n) is 4.28. The molecule has 0 aliphatic heterocycles. The number of ether oxygens (including phenoxy) is 1. The highest BCUT2D eigenvalue weighted by Gasteiger charge is 2.08. The lowest BCUT2D eigenvalue weighted by Crippen LogP contribution is -2.32. The Morgan fingerprint density at radius 2 is 1.84 bits per heavy atom. The molecule has 0 aliphatic carbocycles. The fourth-order valence-corrected chi connectivity index (χ4v) is 3.02. The summed E-state index contributed by atoms with van der Waals surface area (Å²) in [6.07, 6.45) is 2.86. The summed E-state index contributed by atoms with van der Waals surface area (Å²) >= 11 is 11.3. The summed E-state index contributed by atoms with van der Waals surface area (Å²) in [5.74, 6) is 0.313. The van der Waals surface area contributed by atoms with Crippen LogP contribution in [0.15, 0.2) is 65.1 Å². The highest BCUT2D eigenvalue weighted by Crippen LogP contribution is 2.27. The molecule has 0 bridgehead atoms. The molecule has 1 heterocycles. The molecule has 3 aromatic rings. The lowest BCUT2D eigenvalue weighted by atomic mass is 10.1. The number of carbonyl (C=O) groups is 2. The van der Waals surface area contributed by atoms with E-state index < -0.39 is 11.9 Å². The Bertz CT molecular complexity index is 1150. The summed E-state index contributed by atoms with van der Waals surface area (Å²) in [5.41, 5.74) is 2.87. The normalized spacial score (nSPS) is 10.7. The van der Waals surface area contributed by atoms with Gasteiger partial charge in [0.1, 0.15) is 11.5 Å². The molecule has 158 valence electrons. The van der Waals surface area contributed by atoms with Gasteiger partial charge in [-0.15, -0.1) is 0 Å². The van der Waals surface area contributed by atoms with Crippen LogP contribution in [0.2, 0.25) is 5.02 Å². The van der Waals surface area contributed by atoms with Crippen LogP contribution in [-0.2, 0) is 9.53 Å². The van der Waals surface area contributed by atoms with Crippen molar-refractivity contribution in [1.82, 2.24) is 5.32 Å². The fourth-order valence-electron chi connectivity index (χ4n) is 2.62. The molecule has 6 nitrogen and oxygen atoms in total. The average Bonchev–Trinajstić information content (AvgIpc) is 3.23. The summed E-state index contributed by atoms with van der Waals surface area (Å²) in [5, 5.41) is 6.19. The van der Waals surface area contributed by atoms with Gasteiger partial charge in [0, 0.05) is 22.3 Å². The van der Waals surface area contributed by atoms with Gasteiger partial charge in [0.05, 0.1) is 12.7 Å². The molecule has 2 N–H and O–H groups in total. The van der Waals surface area contributed by atoms with E-state index in [1.807, 2.05) is 31.2 Å². The van der Waals surface area contributed by atoms with Crippen molar-refractivity contribution in [3.8, 4) is 11.3 Å². The molecule has 0 fully saturated rings. The molecule has 2 aromatic carbocycles. The highest BCUT2D eigenvalue weighted by molar-refractivity contribution is 7.80. The maximum atomic E-state index is 12.1. The molecular weight excluding hydrogens is 436 g/mol. The Hall–Kier alpha value is -3.42. The van der Waals surface area contributed by atoms with Crippen molar-refractivity contribution in [1.29, 1.82) is 0 Å². The third kappa shape index (κ3) is 6.04. The van der Waals surface area contributed by atoms with Crippen LogP contribution in [0.3, 0.4) is 0 Å². The summed E-state index contributed by atoms with van der Waals surface area (Å²) in [6.45, 7) is 1.93. The maximum Gasteiger partial charge on any atom is 0.337 e. The topological polar surface area (TPSA) is 80.6 Å². The van der Waals surface area contributed by atoms with Crippen molar-refractivity contribution >= 4 is 52.6 Å². The largest absolute Gasteiger partial charge is 0.465 e. The number of furan rings is 1. The van der Waals surface area contributed by atoms with Gasteiger partial charge in [0.2, 0.25) is 5.91 Å². The molecule has 8 heteroatoms. The third-order valence-corrected chi connectivity index (χ3v) is 4.89. The van der Waals surface area contributed by atoms with Crippen molar-refractivity contribution in [2.45, 2.75) is 6.92 Å². The number of carbonyl (C=O) groups excluding carboxylic acids is 2. The molecule has 0 saturated heterocycles. The van der Waals surface area contributed by atoms with Gasteiger partial charge in [0.15, 0.2) is 5.11 Å².